The molecule has 1 heterocycles. The molecular weight excluding hydrogens is 505 g/mol. The Morgan fingerprint density at radius 1 is 1.11 bits per heavy atom. The molecule has 2 atom stereocenters. The second kappa shape index (κ2) is 10.00. The Labute approximate surface area is 227 Å². The average molecular weight is 534 g/mol. The molecule has 0 saturated heterocycles. The monoisotopic (exact) mass is 533 g/mol. The van der Waals surface area contributed by atoms with Crippen molar-refractivity contribution < 1.29 is 14.1 Å². The molecule has 2 unspecified atom stereocenters. The van der Waals surface area contributed by atoms with Crippen molar-refractivity contribution in [2.45, 2.75) is 58.0 Å². The summed E-state index contributed by atoms with van der Waals surface area (Å²) >= 11 is 13.3. The van der Waals surface area contributed by atoms with Gasteiger partial charge in [0.05, 0.1) is 10.6 Å². The molecule has 0 spiro atoms. The van der Waals surface area contributed by atoms with Crippen LogP contribution in [-0.4, -0.2) is 11.4 Å². The molecule has 6 heteroatoms. The van der Waals surface area contributed by atoms with E-state index in [9.17, 15) is 4.79 Å². The van der Waals surface area contributed by atoms with Crippen LogP contribution < -0.4 is 4.74 Å². The Morgan fingerprint density at radius 2 is 1.86 bits per heavy atom. The molecule has 5 rings (SSSR count). The number of hydrogen-bond acceptors (Lipinski definition) is 4. The third-order valence-corrected chi connectivity index (χ3v) is 8.08. The number of aryl methyl sites for hydroxylation is 1. The summed E-state index contributed by atoms with van der Waals surface area (Å²) in [6.45, 7) is 8.67. The zero-order valence-electron chi connectivity index (χ0n) is 21.3. The zero-order chi connectivity index (χ0) is 26.3. The van der Waals surface area contributed by atoms with E-state index < -0.39 is 0 Å². The van der Waals surface area contributed by atoms with Gasteiger partial charge < -0.3 is 9.26 Å². The van der Waals surface area contributed by atoms with E-state index in [0.717, 1.165) is 40.7 Å². The van der Waals surface area contributed by atoms with E-state index in [1.54, 1.807) is 0 Å². The fourth-order valence-corrected chi connectivity index (χ4v) is 5.90. The Bertz CT molecular complexity index is 1440. The molecule has 1 aromatic heterocycles. The van der Waals surface area contributed by atoms with Gasteiger partial charge in [0.25, 0.3) is 0 Å². The molecule has 0 N–H and O–H groups in total. The van der Waals surface area contributed by atoms with Crippen LogP contribution in [0.25, 0.3) is 11.3 Å². The van der Waals surface area contributed by atoms with Gasteiger partial charge in [-0.25, -0.2) is 0 Å². The van der Waals surface area contributed by atoms with E-state index in [4.69, 9.17) is 32.5 Å². The topological polar surface area (TPSA) is 52.3 Å². The Kier molecular flexibility index (Phi) is 6.91. The van der Waals surface area contributed by atoms with E-state index in [0.29, 0.717) is 33.0 Å². The normalized spacial score (nSPS) is 18.7. The second-order valence-corrected chi connectivity index (χ2v) is 11.2. The summed E-state index contributed by atoms with van der Waals surface area (Å²) in [6, 6.07) is 19.5. The summed E-state index contributed by atoms with van der Waals surface area (Å²) in [5.41, 5.74) is 6.45. The van der Waals surface area contributed by atoms with Crippen LogP contribution in [0.4, 0.5) is 0 Å². The molecule has 1 saturated carbocycles. The van der Waals surface area contributed by atoms with Crippen LogP contribution in [-0.2, 0) is 12.0 Å². The smallest absolute Gasteiger partial charge is 0.150 e. The van der Waals surface area contributed by atoms with Crippen LogP contribution in [0.5, 0.6) is 5.75 Å². The van der Waals surface area contributed by atoms with Crippen LogP contribution in [0.2, 0.25) is 10.0 Å². The first-order chi connectivity index (χ1) is 17.7. The molecule has 37 heavy (non-hydrogen) atoms. The van der Waals surface area contributed by atoms with Gasteiger partial charge in [0.1, 0.15) is 30.1 Å². The fourth-order valence-electron chi connectivity index (χ4n) is 5.20. The van der Waals surface area contributed by atoms with Crippen molar-refractivity contribution in [1.29, 1.82) is 0 Å². The van der Waals surface area contributed by atoms with Gasteiger partial charge in [0.2, 0.25) is 0 Å². The van der Waals surface area contributed by atoms with Gasteiger partial charge in [-0.15, -0.1) is 0 Å². The molecule has 1 fully saturated rings. The zero-order valence-corrected chi connectivity index (χ0v) is 22.9. The van der Waals surface area contributed by atoms with Gasteiger partial charge in [-0.3, -0.25) is 4.79 Å². The average Bonchev–Trinajstić information content (AvgIpc) is 3.38. The number of aldehydes is 1. The Balaban J connectivity index is 1.37. The molecule has 0 amide bonds. The minimum Gasteiger partial charge on any atom is -0.489 e. The maximum absolute atomic E-state index is 11.0. The van der Waals surface area contributed by atoms with E-state index in [1.165, 1.54) is 5.56 Å². The highest BCUT2D eigenvalue weighted by atomic mass is 35.5. The number of nitrogens with zero attached hydrogens (tertiary/aromatic N) is 1. The molecule has 0 bridgehead atoms. The molecule has 3 aromatic carbocycles. The number of carbonyl (C=O) groups excluding carboxylic acids is 1. The summed E-state index contributed by atoms with van der Waals surface area (Å²) in [4.78, 5) is 11.0. The minimum atomic E-state index is -0.0493. The molecule has 0 aliphatic heterocycles. The van der Waals surface area contributed by atoms with Gasteiger partial charge in [0, 0.05) is 27.5 Å². The molecule has 0 radical (unpaired) electrons. The van der Waals surface area contributed by atoms with Crippen molar-refractivity contribution in [1.82, 2.24) is 5.16 Å². The number of rotatable bonds is 8. The maximum Gasteiger partial charge on any atom is 0.150 e. The first kappa shape index (κ1) is 25.6. The van der Waals surface area contributed by atoms with E-state index in [1.807, 2.05) is 61.5 Å². The van der Waals surface area contributed by atoms with Crippen LogP contribution in [0.3, 0.4) is 0 Å². The van der Waals surface area contributed by atoms with Gasteiger partial charge in [0.15, 0.2) is 0 Å². The van der Waals surface area contributed by atoms with Crippen LogP contribution in [0, 0.1) is 6.92 Å². The SMILES string of the molecule is Cc1cccc(Cl)c1-c1noc(C(C)C)c1COc1ccc(C2(C)CC2c2ccc(C=O)cc2)c(Cl)c1. The van der Waals surface area contributed by atoms with Crippen molar-refractivity contribution >= 4 is 29.5 Å². The van der Waals surface area contributed by atoms with Crippen LogP contribution in [0.15, 0.2) is 65.2 Å². The number of carbonyl (C=O) groups is 1. The maximum atomic E-state index is 11.0. The molecule has 4 nitrogen and oxygen atoms in total. The van der Waals surface area contributed by atoms with Gasteiger partial charge in [-0.2, -0.15) is 0 Å². The van der Waals surface area contributed by atoms with Gasteiger partial charge in [-0.05, 0) is 54.2 Å². The predicted molar refractivity (Wildman–Crippen MR) is 148 cm³/mol. The van der Waals surface area contributed by atoms with Crippen molar-refractivity contribution in [2.24, 2.45) is 0 Å². The minimum absolute atomic E-state index is 0.0493. The van der Waals surface area contributed by atoms with Crippen molar-refractivity contribution in [3.8, 4) is 17.0 Å². The van der Waals surface area contributed by atoms with E-state index in [2.05, 4.69) is 32.0 Å². The Morgan fingerprint density at radius 3 is 2.51 bits per heavy atom. The number of benzene rings is 3. The molecule has 1 aliphatic carbocycles. The second-order valence-electron chi connectivity index (χ2n) is 10.3. The third-order valence-electron chi connectivity index (χ3n) is 7.45. The lowest BCUT2D eigenvalue weighted by atomic mass is 9.92. The van der Waals surface area contributed by atoms with Gasteiger partial charge in [-0.1, -0.05) is 91.6 Å². The fraction of sp³-hybridized carbons (Fsp3) is 0.290. The summed E-state index contributed by atoms with van der Waals surface area (Å²) in [7, 11) is 0. The van der Waals surface area contributed by atoms with Crippen molar-refractivity contribution in [3.05, 3.63) is 104 Å². The van der Waals surface area contributed by atoms with Crippen molar-refractivity contribution in [2.75, 3.05) is 0 Å². The predicted octanol–water partition coefficient (Wildman–Crippen LogP) is 8.92. The first-order valence-electron chi connectivity index (χ1n) is 12.4. The largest absolute Gasteiger partial charge is 0.489 e. The molecule has 4 aromatic rings. The lowest BCUT2D eigenvalue weighted by Crippen LogP contribution is -2.06. The van der Waals surface area contributed by atoms with Gasteiger partial charge >= 0.3 is 0 Å². The summed E-state index contributed by atoms with van der Waals surface area (Å²) in [5.74, 6) is 1.97. The summed E-state index contributed by atoms with van der Waals surface area (Å²) in [5, 5.41) is 5.69. The lowest BCUT2D eigenvalue weighted by Gasteiger charge is -2.16. The standard InChI is InChI=1S/C31H29Cl2NO3/c1-18(2)30-23(29(34-37-30)28-19(3)6-5-7-26(28)32)17-36-22-12-13-24(27(33)14-22)31(4)15-25(31)21-10-8-20(16-35)9-11-21/h5-14,16,18,25H,15,17H2,1-4H3. The number of hydrogen-bond donors (Lipinski definition) is 0. The molecule has 1 aliphatic rings. The number of aromatic nitrogens is 1. The summed E-state index contributed by atoms with van der Waals surface area (Å²) < 4.78 is 12.0. The van der Waals surface area contributed by atoms with Crippen LogP contribution >= 0.6 is 23.2 Å². The lowest BCUT2D eigenvalue weighted by molar-refractivity contribution is 0.112. The molecule has 190 valence electrons. The Hall–Kier alpha value is -3.08. The van der Waals surface area contributed by atoms with Crippen molar-refractivity contribution in [3.63, 3.8) is 0 Å². The number of ether oxygens (including phenoxy) is 1. The van der Waals surface area contributed by atoms with Crippen LogP contribution in [0.1, 0.15) is 77.4 Å². The van der Waals surface area contributed by atoms with E-state index in [-0.39, 0.29) is 17.9 Å². The first-order valence-corrected chi connectivity index (χ1v) is 13.2. The highest BCUT2D eigenvalue weighted by Gasteiger charge is 2.52. The quantitative estimate of drug-likeness (QED) is 0.212. The third kappa shape index (κ3) is 4.81. The number of halogens is 2. The highest BCUT2D eigenvalue weighted by molar-refractivity contribution is 6.33. The molecular formula is C31H29Cl2NO3. The highest BCUT2D eigenvalue weighted by Crippen LogP contribution is 2.61. The summed E-state index contributed by atoms with van der Waals surface area (Å²) in [6.07, 6.45) is 1.88. The van der Waals surface area contributed by atoms with E-state index >= 15 is 0 Å².